The van der Waals surface area contributed by atoms with Crippen molar-refractivity contribution >= 4 is 11.7 Å². The van der Waals surface area contributed by atoms with Gasteiger partial charge in [-0.25, -0.2) is 4.79 Å². The summed E-state index contributed by atoms with van der Waals surface area (Å²) in [6.45, 7) is 6.40. The monoisotopic (exact) mass is 219 g/mol. The number of fused-ring (bicyclic) bond motifs is 1. The second kappa shape index (κ2) is 4.16. The molecule has 3 heteroatoms. The van der Waals surface area contributed by atoms with Crippen LogP contribution in [0.3, 0.4) is 0 Å². The molecule has 1 aromatic carbocycles. The Morgan fingerprint density at radius 1 is 1.44 bits per heavy atom. The van der Waals surface area contributed by atoms with Gasteiger partial charge in [-0.3, -0.25) is 0 Å². The lowest BCUT2D eigenvalue weighted by Gasteiger charge is -2.10. The standard InChI is InChI=1S/C13H17NO2/c1-4-16-13(15)11-7-10-8(2)5-6-9(3)12(10)14-11/h5-6,11,14H,4,7H2,1-3H3. The van der Waals surface area contributed by atoms with E-state index < -0.39 is 0 Å². The highest BCUT2D eigenvalue weighted by atomic mass is 16.5. The van der Waals surface area contributed by atoms with Crippen LogP contribution in [0.4, 0.5) is 5.69 Å². The molecule has 0 saturated carbocycles. The number of ether oxygens (including phenoxy) is 1. The highest BCUT2D eigenvalue weighted by Gasteiger charge is 2.29. The molecule has 0 radical (unpaired) electrons. The number of rotatable bonds is 2. The Morgan fingerprint density at radius 2 is 2.12 bits per heavy atom. The van der Waals surface area contributed by atoms with Gasteiger partial charge < -0.3 is 10.1 Å². The number of anilines is 1. The molecular formula is C13H17NO2. The summed E-state index contributed by atoms with van der Waals surface area (Å²) >= 11 is 0. The molecule has 1 aromatic rings. The third-order valence-electron chi connectivity index (χ3n) is 3.05. The zero-order valence-corrected chi connectivity index (χ0v) is 9.96. The number of carbonyl (C=O) groups is 1. The van der Waals surface area contributed by atoms with Crippen LogP contribution in [0.5, 0.6) is 0 Å². The second-order valence-electron chi connectivity index (χ2n) is 4.21. The van der Waals surface area contributed by atoms with Gasteiger partial charge in [-0.15, -0.1) is 0 Å². The lowest BCUT2D eigenvalue weighted by Crippen LogP contribution is -2.29. The third-order valence-corrected chi connectivity index (χ3v) is 3.05. The molecule has 0 spiro atoms. The lowest BCUT2D eigenvalue weighted by molar-refractivity contribution is -0.143. The van der Waals surface area contributed by atoms with Gasteiger partial charge >= 0.3 is 5.97 Å². The first kappa shape index (κ1) is 11.0. The molecule has 0 saturated heterocycles. The summed E-state index contributed by atoms with van der Waals surface area (Å²) in [4.78, 5) is 11.7. The van der Waals surface area contributed by atoms with E-state index in [1.165, 1.54) is 16.7 Å². The van der Waals surface area contributed by atoms with Gasteiger partial charge in [0.05, 0.1) is 6.61 Å². The molecule has 0 amide bonds. The van der Waals surface area contributed by atoms with Gasteiger partial charge in [0.1, 0.15) is 6.04 Å². The lowest BCUT2D eigenvalue weighted by atomic mass is 10.0. The average Bonchev–Trinajstić information content (AvgIpc) is 2.70. The largest absolute Gasteiger partial charge is 0.464 e. The van der Waals surface area contributed by atoms with Crippen LogP contribution in [0.25, 0.3) is 0 Å². The minimum atomic E-state index is -0.213. The van der Waals surface area contributed by atoms with Crippen molar-refractivity contribution in [2.75, 3.05) is 11.9 Å². The van der Waals surface area contributed by atoms with Gasteiger partial charge in [0.2, 0.25) is 0 Å². The van der Waals surface area contributed by atoms with Crippen molar-refractivity contribution in [3.05, 3.63) is 28.8 Å². The summed E-state index contributed by atoms with van der Waals surface area (Å²) in [6, 6.07) is 3.97. The van der Waals surface area contributed by atoms with Gasteiger partial charge in [0, 0.05) is 12.1 Å². The van der Waals surface area contributed by atoms with Gasteiger partial charge in [0.15, 0.2) is 0 Å². The first-order chi connectivity index (χ1) is 7.63. The van der Waals surface area contributed by atoms with Crippen molar-refractivity contribution in [3.63, 3.8) is 0 Å². The van der Waals surface area contributed by atoms with Crippen molar-refractivity contribution in [1.82, 2.24) is 0 Å². The van der Waals surface area contributed by atoms with Crippen molar-refractivity contribution < 1.29 is 9.53 Å². The fraction of sp³-hybridized carbons (Fsp3) is 0.462. The highest BCUT2D eigenvalue weighted by Crippen LogP contribution is 2.32. The molecule has 1 N–H and O–H groups in total. The minimum absolute atomic E-state index is 0.155. The molecule has 1 aliphatic heterocycles. The molecule has 0 fully saturated rings. The maximum Gasteiger partial charge on any atom is 0.328 e. The molecule has 16 heavy (non-hydrogen) atoms. The van der Waals surface area contributed by atoms with Crippen molar-refractivity contribution in [2.45, 2.75) is 33.2 Å². The second-order valence-corrected chi connectivity index (χ2v) is 4.21. The number of carbonyl (C=O) groups excluding carboxylic acids is 1. The van der Waals surface area contributed by atoms with Crippen LogP contribution in [0.1, 0.15) is 23.6 Å². The normalized spacial score (nSPS) is 17.8. The minimum Gasteiger partial charge on any atom is -0.464 e. The number of benzene rings is 1. The Morgan fingerprint density at radius 3 is 2.75 bits per heavy atom. The number of aryl methyl sites for hydroxylation is 2. The summed E-state index contributed by atoms with van der Waals surface area (Å²) in [5.41, 5.74) is 4.78. The van der Waals surface area contributed by atoms with Crippen molar-refractivity contribution in [2.24, 2.45) is 0 Å². The van der Waals surface area contributed by atoms with E-state index in [1.54, 1.807) is 0 Å². The molecule has 1 heterocycles. The van der Waals surface area contributed by atoms with Crippen LogP contribution in [0.15, 0.2) is 12.1 Å². The maximum absolute atomic E-state index is 11.7. The molecule has 1 aliphatic rings. The average molecular weight is 219 g/mol. The van der Waals surface area contributed by atoms with Crippen LogP contribution < -0.4 is 5.32 Å². The molecule has 0 aliphatic carbocycles. The topological polar surface area (TPSA) is 38.3 Å². The number of hydrogen-bond donors (Lipinski definition) is 1. The maximum atomic E-state index is 11.7. The number of hydrogen-bond acceptors (Lipinski definition) is 3. The Kier molecular flexibility index (Phi) is 2.86. The molecular weight excluding hydrogens is 202 g/mol. The molecule has 3 nitrogen and oxygen atoms in total. The Hall–Kier alpha value is -1.51. The van der Waals surface area contributed by atoms with E-state index in [-0.39, 0.29) is 12.0 Å². The molecule has 1 atom stereocenters. The van der Waals surface area contributed by atoms with E-state index in [0.717, 1.165) is 12.1 Å². The third kappa shape index (κ3) is 1.77. The Bertz CT molecular complexity index is 395. The summed E-state index contributed by atoms with van der Waals surface area (Å²) in [5.74, 6) is -0.155. The van der Waals surface area contributed by atoms with E-state index in [2.05, 4.69) is 31.3 Å². The first-order valence-electron chi connectivity index (χ1n) is 5.65. The summed E-state index contributed by atoms with van der Waals surface area (Å²) in [7, 11) is 0. The van der Waals surface area contributed by atoms with Gasteiger partial charge in [-0.2, -0.15) is 0 Å². The van der Waals surface area contributed by atoms with E-state index >= 15 is 0 Å². The van der Waals surface area contributed by atoms with Crippen LogP contribution in [0.2, 0.25) is 0 Å². The summed E-state index contributed by atoms with van der Waals surface area (Å²) in [6.07, 6.45) is 0.738. The fourth-order valence-corrected chi connectivity index (χ4v) is 2.15. The number of nitrogens with one attached hydrogen (secondary N) is 1. The SMILES string of the molecule is CCOC(=O)C1Cc2c(C)ccc(C)c2N1. The number of esters is 1. The smallest absolute Gasteiger partial charge is 0.328 e. The quantitative estimate of drug-likeness (QED) is 0.775. The van der Waals surface area contributed by atoms with E-state index in [4.69, 9.17) is 4.74 Å². The molecule has 2 rings (SSSR count). The Balaban J connectivity index is 2.24. The predicted molar refractivity (Wildman–Crippen MR) is 63.7 cm³/mol. The van der Waals surface area contributed by atoms with Crippen LogP contribution in [0, 0.1) is 13.8 Å². The Labute approximate surface area is 95.8 Å². The highest BCUT2D eigenvalue weighted by molar-refractivity contribution is 5.84. The molecule has 0 bridgehead atoms. The van der Waals surface area contributed by atoms with Gasteiger partial charge in [-0.1, -0.05) is 12.1 Å². The molecule has 1 unspecified atom stereocenters. The van der Waals surface area contributed by atoms with Gasteiger partial charge in [0.25, 0.3) is 0 Å². The van der Waals surface area contributed by atoms with Crippen LogP contribution in [-0.2, 0) is 16.0 Å². The van der Waals surface area contributed by atoms with Crippen molar-refractivity contribution in [1.29, 1.82) is 0 Å². The summed E-state index contributed by atoms with van der Waals surface area (Å²) in [5, 5.41) is 3.25. The summed E-state index contributed by atoms with van der Waals surface area (Å²) < 4.78 is 5.04. The van der Waals surface area contributed by atoms with Crippen LogP contribution in [-0.4, -0.2) is 18.6 Å². The van der Waals surface area contributed by atoms with E-state index in [0.29, 0.717) is 6.61 Å². The van der Waals surface area contributed by atoms with E-state index in [1.807, 2.05) is 6.92 Å². The zero-order chi connectivity index (χ0) is 11.7. The zero-order valence-electron chi connectivity index (χ0n) is 9.96. The molecule has 86 valence electrons. The van der Waals surface area contributed by atoms with E-state index in [9.17, 15) is 4.79 Å². The van der Waals surface area contributed by atoms with Crippen LogP contribution >= 0.6 is 0 Å². The van der Waals surface area contributed by atoms with Gasteiger partial charge in [-0.05, 0) is 37.5 Å². The molecule has 0 aromatic heterocycles. The first-order valence-corrected chi connectivity index (χ1v) is 5.65. The van der Waals surface area contributed by atoms with Crippen molar-refractivity contribution in [3.8, 4) is 0 Å². The fourth-order valence-electron chi connectivity index (χ4n) is 2.15. The predicted octanol–water partition coefficient (Wildman–Crippen LogP) is 2.20.